The number of anilines is 1. The summed E-state index contributed by atoms with van der Waals surface area (Å²) in [7, 11) is 0. The minimum atomic E-state index is -0.0200. The highest BCUT2D eigenvalue weighted by molar-refractivity contribution is 5.45. The molecule has 3 N–H and O–H groups in total. The van der Waals surface area contributed by atoms with E-state index < -0.39 is 0 Å². The van der Waals surface area contributed by atoms with Crippen LogP contribution in [0.2, 0.25) is 0 Å². The minimum absolute atomic E-state index is 0.0200. The lowest BCUT2D eigenvalue weighted by Gasteiger charge is -2.29. The second-order valence-electron chi connectivity index (χ2n) is 3.93. The van der Waals surface area contributed by atoms with E-state index in [-0.39, 0.29) is 5.54 Å². The number of hydrogen-bond acceptors (Lipinski definition) is 3. The van der Waals surface area contributed by atoms with Crippen LogP contribution in [-0.4, -0.2) is 17.1 Å². The van der Waals surface area contributed by atoms with Gasteiger partial charge in [0.15, 0.2) is 0 Å². The van der Waals surface area contributed by atoms with E-state index in [4.69, 9.17) is 5.73 Å². The summed E-state index contributed by atoms with van der Waals surface area (Å²) in [6, 6.07) is 4.00. The number of rotatable bonds is 4. The zero-order chi connectivity index (χ0) is 10.6. The fourth-order valence-electron chi connectivity index (χ4n) is 1.26. The van der Waals surface area contributed by atoms with Gasteiger partial charge in [0.25, 0.3) is 0 Å². The monoisotopic (exact) mass is 193 g/mol. The molecule has 1 aromatic heterocycles. The third-order valence-electron chi connectivity index (χ3n) is 2.57. The van der Waals surface area contributed by atoms with Gasteiger partial charge in [-0.3, -0.25) is 4.98 Å². The van der Waals surface area contributed by atoms with Crippen LogP contribution >= 0.6 is 0 Å². The van der Waals surface area contributed by atoms with Crippen molar-refractivity contribution in [3.8, 4) is 0 Å². The normalized spacial score (nSPS) is 14.9. The smallest absolute Gasteiger partial charge is 0.0465 e. The molecule has 78 valence electrons. The molecule has 14 heavy (non-hydrogen) atoms. The highest BCUT2D eigenvalue weighted by atomic mass is 15.0. The lowest BCUT2D eigenvalue weighted by Crippen LogP contribution is -2.41. The number of nitrogens with zero attached hydrogens (tertiary/aromatic N) is 1. The first-order chi connectivity index (χ1) is 6.59. The fraction of sp³-hybridized carbons (Fsp3) is 0.545. The van der Waals surface area contributed by atoms with Gasteiger partial charge in [-0.25, -0.2) is 0 Å². The fourth-order valence-corrected chi connectivity index (χ4v) is 1.26. The van der Waals surface area contributed by atoms with Gasteiger partial charge in [-0.1, -0.05) is 6.92 Å². The van der Waals surface area contributed by atoms with E-state index in [0.29, 0.717) is 6.54 Å². The molecule has 0 saturated heterocycles. The van der Waals surface area contributed by atoms with Crippen LogP contribution in [0.1, 0.15) is 26.0 Å². The molecule has 3 nitrogen and oxygen atoms in total. The Morgan fingerprint density at radius 2 is 2.29 bits per heavy atom. The third kappa shape index (κ3) is 2.70. The molecule has 3 heteroatoms. The Hall–Kier alpha value is -1.09. The van der Waals surface area contributed by atoms with Gasteiger partial charge in [0.05, 0.1) is 0 Å². The Balaban J connectivity index is 2.77. The van der Waals surface area contributed by atoms with Crippen molar-refractivity contribution in [2.24, 2.45) is 5.73 Å². The van der Waals surface area contributed by atoms with Crippen LogP contribution in [0.4, 0.5) is 5.69 Å². The zero-order valence-electron chi connectivity index (χ0n) is 9.17. The van der Waals surface area contributed by atoms with E-state index in [0.717, 1.165) is 17.8 Å². The second-order valence-corrected chi connectivity index (χ2v) is 3.93. The molecular weight excluding hydrogens is 174 g/mol. The molecule has 1 atom stereocenters. The molecule has 0 bridgehead atoms. The SMILES string of the molecule is CCC(C)(CN)Nc1ccnc(C)c1. The van der Waals surface area contributed by atoms with Gasteiger partial charge in [0.1, 0.15) is 0 Å². The predicted molar refractivity (Wildman–Crippen MR) is 60.3 cm³/mol. The maximum absolute atomic E-state index is 5.73. The molecular formula is C11H19N3. The number of aryl methyl sites for hydroxylation is 1. The lowest BCUT2D eigenvalue weighted by atomic mass is 9.99. The summed E-state index contributed by atoms with van der Waals surface area (Å²) in [4.78, 5) is 4.15. The average molecular weight is 193 g/mol. The van der Waals surface area contributed by atoms with Crippen LogP contribution in [0.3, 0.4) is 0 Å². The van der Waals surface area contributed by atoms with Gasteiger partial charge >= 0.3 is 0 Å². The topological polar surface area (TPSA) is 50.9 Å². The van der Waals surface area contributed by atoms with E-state index in [2.05, 4.69) is 24.1 Å². The molecule has 0 aromatic carbocycles. The molecule has 0 spiro atoms. The number of pyridine rings is 1. The molecule has 0 radical (unpaired) electrons. The Morgan fingerprint density at radius 1 is 1.57 bits per heavy atom. The lowest BCUT2D eigenvalue weighted by molar-refractivity contribution is 0.506. The Morgan fingerprint density at radius 3 is 2.79 bits per heavy atom. The van der Waals surface area contributed by atoms with E-state index in [1.165, 1.54) is 0 Å². The van der Waals surface area contributed by atoms with E-state index in [9.17, 15) is 0 Å². The van der Waals surface area contributed by atoms with Crippen LogP contribution in [0.5, 0.6) is 0 Å². The number of nitrogens with two attached hydrogens (primary N) is 1. The summed E-state index contributed by atoms with van der Waals surface area (Å²) in [6.07, 6.45) is 2.81. The number of hydrogen-bond donors (Lipinski definition) is 2. The standard InChI is InChI=1S/C11H19N3/c1-4-11(3,8-12)14-10-5-6-13-9(2)7-10/h5-7H,4,8,12H2,1-3H3,(H,13,14). The van der Waals surface area contributed by atoms with Gasteiger partial charge in [-0.15, -0.1) is 0 Å². The van der Waals surface area contributed by atoms with Crippen LogP contribution in [0.15, 0.2) is 18.3 Å². The average Bonchev–Trinajstić information content (AvgIpc) is 2.18. The largest absolute Gasteiger partial charge is 0.379 e. The van der Waals surface area contributed by atoms with Crippen molar-refractivity contribution >= 4 is 5.69 Å². The quantitative estimate of drug-likeness (QED) is 0.768. The van der Waals surface area contributed by atoms with Crippen molar-refractivity contribution in [2.45, 2.75) is 32.7 Å². The maximum Gasteiger partial charge on any atom is 0.0465 e. The van der Waals surface area contributed by atoms with Crippen molar-refractivity contribution in [3.63, 3.8) is 0 Å². The summed E-state index contributed by atoms with van der Waals surface area (Å²) in [5.41, 5.74) is 7.81. The first kappa shape index (κ1) is 11.0. The molecule has 1 rings (SSSR count). The molecule has 0 aliphatic carbocycles. The van der Waals surface area contributed by atoms with E-state index in [1.54, 1.807) is 0 Å². The van der Waals surface area contributed by atoms with Crippen LogP contribution in [-0.2, 0) is 0 Å². The van der Waals surface area contributed by atoms with Crippen molar-refractivity contribution in [1.82, 2.24) is 4.98 Å². The summed E-state index contributed by atoms with van der Waals surface area (Å²) in [5.74, 6) is 0. The molecule has 0 aliphatic rings. The van der Waals surface area contributed by atoms with Gasteiger partial charge in [-0.05, 0) is 32.4 Å². The first-order valence-corrected chi connectivity index (χ1v) is 5.00. The van der Waals surface area contributed by atoms with Crippen molar-refractivity contribution < 1.29 is 0 Å². The molecule has 0 fully saturated rings. The minimum Gasteiger partial charge on any atom is -0.379 e. The van der Waals surface area contributed by atoms with Crippen LogP contribution in [0.25, 0.3) is 0 Å². The summed E-state index contributed by atoms with van der Waals surface area (Å²) in [5, 5.41) is 3.43. The Bertz CT molecular complexity index is 292. The van der Waals surface area contributed by atoms with Crippen molar-refractivity contribution in [2.75, 3.05) is 11.9 Å². The highest BCUT2D eigenvalue weighted by Crippen LogP contribution is 2.17. The van der Waals surface area contributed by atoms with Gasteiger partial charge in [0.2, 0.25) is 0 Å². The Kier molecular flexibility index (Phi) is 3.47. The first-order valence-electron chi connectivity index (χ1n) is 5.00. The zero-order valence-corrected chi connectivity index (χ0v) is 9.17. The van der Waals surface area contributed by atoms with Crippen LogP contribution < -0.4 is 11.1 Å². The molecule has 0 amide bonds. The molecule has 1 unspecified atom stereocenters. The highest BCUT2D eigenvalue weighted by Gasteiger charge is 2.19. The third-order valence-corrected chi connectivity index (χ3v) is 2.57. The number of aromatic nitrogens is 1. The molecule has 0 aliphatic heterocycles. The van der Waals surface area contributed by atoms with E-state index in [1.807, 2.05) is 25.3 Å². The summed E-state index contributed by atoms with van der Waals surface area (Å²) in [6.45, 7) is 6.87. The molecule has 1 aromatic rings. The molecule has 1 heterocycles. The maximum atomic E-state index is 5.73. The van der Waals surface area contributed by atoms with Crippen molar-refractivity contribution in [3.05, 3.63) is 24.0 Å². The summed E-state index contributed by atoms with van der Waals surface area (Å²) >= 11 is 0. The number of nitrogens with one attached hydrogen (secondary N) is 1. The van der Waals surface area contributed by atoms with Crippen molar-refractivity contribution in [1.29, 1.82) is 0 Å². The van der Waals surface area contributed by atoms with Gasteiger partial charge < -0.3 is 11.1 Å². The second kappa shape index (κ2) is 4.42. The Labute approximate surface area is 85.7 Å². The van der Waals surface area contributed by atoms with Crippen LogP contribution in [0, 0.1) is 6.92 Å². The van der Waals surface area contributed by atoms with Gasteiger partial charge in [-0.2, -0.15) is 0 Å². The molecule has 0 saturated carbocycles. The summed E-state index contributed by atoms with van der Waals surface area (Å²) < 4.78 is 0. The predicted octanol–water partition coefficient (Wildman–Crippen LogP) is 1.93. The van der Waals surface area contributed by atoms with Gasteiger partial charge in [0, 0.05) is 29.7 Å². The van der Waals surface area contributed by atoms with E-state index >= 15 is 0 Å².